The van der Waals surface area contributed by atoms with Crippen molar-refractivity contribution in [1.29, 1.82) is 0 Å². The van der Waals surface area contributed by atoms with E-state index in [0.29, 0.717) is 0 Å². The van der Waals surface area contributed by atoms with Crippen LogP contribution in [0.25, 0.3) is 0 Å². The number of hydrogen-bond donors (Lipinski definition) is 0. The molecule has 0 radical (unpaired) electrons. The van der Waals surface area contributed by atoms with Gasteiger partial charge in [-0.25, -0.2) is 0 Å². The molecule has 0 N–H and O–H groups in total. The summed E-state index contributed by atoms with van der Waals surface area (Å²) in [5.74, 6) is 0. The van der Waals surface area contributed by atoms with Gasteiger partial charge in [-0.05, 0) is 11.1 Å². The van der Waals surface area contributed by atoms with Gasteiger partial charge in [-0.3, -0.25) is 0 Å². The second-order valence-corrected chi connectivity index (χ2v) is 4.23. The zero-order chi connectivity index (χ0) is 11.2. The Morgan fingerprint density at radius 2 is 1.25 bits per heavy atom. The normalized spacial score (nSPS) is 10.8. The molecule has 0 aliphatic heterocycles. The van der Waals surface area contributed by atoms with Crippen LogP contribution >= 0.6 is 0 Å². The average Bonchev–Trinajstić information content (AvgIpc) is 2.38. The Labute approximate surface area is 99.5 Å². The van der Waals surface area contributed by atoms with Gasteiger partial charge in [-0.15, -0.1) is 0 Å². The molecule has 0 unspecified atom stereocenters. The Hall–Kier alpha value is -1.38. The summed E-state index contributed by atoms with van der Waals surface area (Å²) in [4.78, 5) is 0. The van der Waals surface area contributed by atoms with Crippen molar-refractivity contribution in [2.45, 2.75) is 6.10 Å². The summed E-state index contributed by atoms with van der Waals surface area (Å²) in [6.07, 6.45) is 0.939. The van der Waals surface area contributed by atoms with Gasteiger partial charge in [0.25, 0.3) is 0 Å². The van der Waals surface area contributed by atoms with Crippen LogP contribution in [0.15, 0.2) is 60.7 Å². The highest BCUT2D eigenvalue weighted by Gasteiger charge is 2.12. The first-order chi connectivity index (χ1) is 7.92. The van der Waals surface area contributed by atoms with Gasteiger partial charge in [0.15, 0.2) is 0 Å². The van der Waals surface area contributed by atoms with E-state index in [1.807, 2.05) is 12.1 Å². The van der Waals surface area contributed by atoms with Crippen molar-refractivity contribution < 1.29 is 4.74 Å². The summed E-state index contributed by atoms with van der Waals surface area (Å²) in [6.45, 7) is 0. The molecule has 0 aliphatic rings. The lowest BCUT2D eigenvalue weighted by Gasteiger charge is -2.17. The number of hydrogen-bond acceptors (Lipinski definition) is 1. The minimum atomic E-state index is 0.0832. The van der Waals surface area contributed by atoms with E-state index in [0.717, 1.165) is 16.5 Å². The lowest BCUT2D eigenvalue weighted by atomic mass is 10.0. The SMILES string of the molecule is [SiH3]COC(c1ccccc1)c1ccccc1. The van der Waals surface area contributed by atoms with Gasteiger partial charge in [0, 0.05) is 16.5 Å². The summed E-state index contributed by atoms with van der Waals surface area (Å²) in [5.41, 5.74) is 2.45. The Morgan fingerprint density at radius 1 is 0.812 bits per heavy atom. The molecule has 0 spiro atoms. The molecular weight excluding hydrogens is 212 g/mol. The summed E-state index contributed by atoms with van der Waals surface area (Å²) < 4.78 is 5.88. The van der Waals surface area contributed by atoms with Crippen molar-refractivity contribution in [2.75, 3.05) is 6.23 Å². The van der Waals surface area contributed by atoms with E-state index >= 15 is 0 Å². The molecule has 2 aromatic rings. The maximum atomic E-state index is 5.88. The van der Waals surface area contributed by atoms with Gasteiger partial charge < -0.3 is 4.74 Å². The fourth-order valence-corrected chi connectivity index (χ4v) is 2.14. The maximum absolute atomic E-state index is 5.88. The van der Waals surface area contributed by atoms with Gasteiger partial charge in [0.1, 0.15) is 6.10 Å². The number of ether oxygens (including phenoxy) is 1. The molecule has 2 aromatic carbocycles. The molecule has 0 saturated heterocycles. The first kappa shape index (κ1) is 11.1. The zero-order valence-electron chi connectivity index (χ0n) is 9.47. The van der Waals surface area contributed by atoms with Crippen LogP contribution in [0.2, 0.25) is 0 Å². The fraction of sp³-hybridized carbons (Fsp3) is 0.143. The van der Waals surface area contributed by atoms with E-state index in [4.69, 9.17) is 4.74 Å². The lowest BCUT2D eigenvalue weighted by molar-refractivity contribution is 0.119. The maximum Gasteiger partial charge on any atom is 0.107 e. The molecule has 0 bridgehead atoms. The highest BCUT2D eigenvalue weighted by atomic mass is 28.1. The van der Waals surface area contributed by atoms with Crippen LogP contribution in [-0.2, 0) is 4.74 Å². The van der Waals surface area contributed by atoms with Crippen LogP contribution in [0.5, 0.6) is 0 Å². The second kappa shape index (κ2) is 5.63. The van der Waals surface area contributed by atoms with Gasteiger partial charge in [0.05, 0.1) is 0 Å². The third kappa shape index (κ3) is 2.59. The molecule has 0 atom stereocenters. The Balaban J connectivity index is 2.31. The summed E-state index contributed by atoms with van der Waals surface area (Å²) >= 11 is 0. The van der Waals surface area contributed by atoms with Crippen LogP contribution in [0.4, 0.5) is 0 Å². The highest BCUT2D eigenvalue weighted by Crippen LogP contribution is 2.25. The summed E-state index contributed by atoms with van der Waals surface area (Å²) in [6, 6.07) is 20.8. The van der Waals surface area contributed by atoms with Crippen molar-refractivity contribution in [2.24, 2.45) is 0 Å². The highest BCUT2D eigenvalue weighted by molar-refractivity contribution is 6.08. The molecule has 0 fully saturated rings. The molecule has 2 rings (SSSR count). The minimum Gasteiger partial charge on any atom is -0.373 e. The van der Waals surface area contributed by atoms with Crippen LogP contribution in [0.3, 0.4) is 0 Å². The Kier molecular flexibility index (Phi) is 3.91. The van der Waals surface area contributed by atoms with E-state index < -0.39 is 0 Å². The molecule has 0 saturated carbocycles. The molecule has 16 heavy (non-hydrogen) atoms. The predicted molar refractivity (Wildman–Crippen MR) is 70.6 cm³/mol. The van der Waals surface area contributed by atoms with Gasteiger partial charge in [-0.2, -0.15) is 0 Å². The fourth-order valence-electron chi connectivity index (χ4n) is 1.81. The molecule has 0 aliphatic carbocycles. The average molecular weight is 228 g/mol. The second-order valence-electron chi connectivity index (χ2n) is 3.66. The monoisotopic (exact) mass is 228 g/mol. The third-order valence-corrected chi connectivity index (χ3v) is 2.87. The van der Waals surface area contributed by atoms with Crippen molar-refractivity contribution in [3.05, 3.63) is 71.8 Å². The van der Waals surface area contributed by atoms with Crippen molar-refractivity contribution in [3.63, 3.8) is 0 Å². The molecular formula is C14H16OSi. The topological polar surface area (TPSA) is 9.23 Å². The molecule has 0 amide bonds. The lowest BCUT2D eigenvalue weighted by Crippen LogP contribution is -2.07. The molecule has 82 valence electrons. The van der Waals surface area contributed by atoms with Crippen LogP contribution in [0, 0.1) is 0 Å². The Morgan fingerprint density at radius 3 is 1.62 bits per heavy atom. The standard InChI is InChI=1S/C14H16OSi/c16-11-15-14(12-7-3-1-4-8-12)13-9-5-2-6-10-13/h1-10,14H,11H2,16H3. The third-order valence-electron chi connectivity index (χ3n) is 2.54. The zero-order valence-corrected chi connectivity index (χ0v) is 11.5. The predicted octanol–water partition coefficient (Wildman–Crippen LogP) is 2.12. The van der Waals surface area contributed by atoms with E-state index in [-0.39, 0.29) is 6.10 Å². The van der Waals surface area contributed by atoms with Gasteiger partial charge in [0.2, 0.25) is 0 Å². The Bertz CT molecular complexity index is 374. The largest absolute Gasteiger partial charge is 0.373 e. The quantitative estimate of drug-likeness (QED) is 0.728. The molecule has 0 heterocycles. The van der Waals surface area contributed by atoms with Crippen molar-refractivity contribution >= 4 is 10.2 Å². The minimum absolute atomic E-state index is 0.0832. The van der Waals surface area contributed by atoms with E-state index in [1.165, 1.54) is 11.1 Å². The smallest absolute Gasteiger partial charge is 0.107 e. The van der Waals surface area contributed by atoms with E-state index in [1.54, 1.807) is 0 Å². The van der Waals surface area contributed by atoms with Crippen LogP contribution in [-0.4, -0.2) is 16.5 Å². The van der Waals surface area contributed by atoms with Gasteiger partial charge >= 0.3 is 0 Å². The van der Waals surface area contributed by atoms with E-state index in [9.17, 15) is 0 Å². The first-order valence-corrected chi connectivity index (χ1v) is 7.04. The molecule has 2 heteroatoms. The van der Waals surface area contributed by atoms with E-state index in [2.05, 4.69) is 48.5 Å². The number of rotatable bonds is 4. The van der Waals surface area contributed by atoms with Crippen molar-refractivity contribution in [1.82, 2.24) is 0 Å². The molecule has 1 nitrogen and oxygen atoms in total. The first-order valence-electron chi connectivity index (χ1n) is 5.63. The molecule has 0 aromatic heterocycles. The van der Waals surface area contributed by atoms with Crippen molar-refractivity contribution in [3.8, 4) is 0 Å². The van der Waals surface area contributed by atoms with Crippen LogP contribution < -0.4 is 0 Å². The van der Waals surface area contributed by atoms with Gasteiger partial charge in [-0.1, -0.05) is 60.7 Å². The summed E-state index contributed by atoms with van der Waals surface area (Å²) in [7, 11) is 1.07. The number of benzene rings is 2. The summed E-state index contributed by atoms with van der Waals surface area (Å²) in [5, 5.41) is 0. The van der Waals surface area contributed by atoms with Crippen LogP contribution in [0.1, 0.15) is 17.2 Å².